The van der Waals surface area contributed by atoms with Gasteiger partial charge in [-0.1, -0.05) is 51.1 Å². The van der Waals surface area contributed by atoms with Gasteiger partial charge in [0, 0.05) is 30.8 Å². The quantitative estimate of drug-likeness (QED) is 0.485. The molecule has 2 bridgehead atoms. The zero-order chi connectivity index (χ0) is 24.1. The number of carbonyl (C=O) groups excluding carboxylic acids is 2. The van der Waals surface area contributed by atoms with Crippen LogP contribution in [0.15, 0.2) is 35.9 Å². The minimum Gasteiger partial charge on any atom is -0.457 e. The van der Waals surface area contributed by atoms with Crippen molar-refractivity contribution in [2.75, 3.05) is 6.61 Å². The lowest BCUT2D eigenvalue weighted by atomic mass is 9.76. The molecule has 1 aliphatic heterocycles. The van der Waals surface area contributed by atoms with Crippen molar-refractivity contribution in [2.45, 2.75) is 84.0 Å². The van der Waals surface area contributed by atoms with Crippen LogP contribution in [-0.2, 0) is 26.2 Å². The summed E-state index contributed by atoms with van der Waals surface area (Å²) >= 11 is 0. The molecule has 0 unspecified atom stereocenters. The smallest absolute Gasteiger partial charge is 0.311 e. The standard InChI is InChI=1S/C26H38O6/c1-6-18(15-27)10-16(2)23-13-21(28)14-24(30)26(4,5)20-9-7-8-19(11-20)12-22(29)17(3)25(31)32-23/h7-11,17-18,22-24,27,29-30H,6,12-15H2,1-5H3/b16-10-/t17-,18+,22+,23-,24-/m0/s1. The number of esters is 1. The second kappa shape index (κ2) is 11.2. The normalized spacial score (nSPS) is 28.6. The average molecular weight is 447 g/mol. The largest absolute Gasteiger partial charge is 0.457 e. The van der Waals surface area contributed by atoms with Gasteiger partial charge in [-0.25, -0.2) is 0 Å². The van der Waals surface area contributed by atoms with Gasteiger partial charge in [0.05, 0.1) is 18.1 Å². The molecule has 0 aliphatic carbocycles. The van der Waals surface area contributed by atoms with Gasteiger partial charge >= 0.3 is 5.97 Å². The SMILES string of the molecule is CC[C@H](/C=C(/C)[C@@H]1CC(=O)C[C@H](O)C(C)(C)c2cccc(c2)C[C@@H](O)[C@H](C)C(=O)O1)CO. The zero-order valence-corrected chi connectivity index (χ0v) is 19.9. The van der Waals surface area contributed by atoms with Crippen LogP contribution in [-0.4, -0.2) is 52.0 Å². The van der Waals surface area contributed by atoms with Gasteiger partial charge in [0.1, 0.15) is 11.9 Å². The van der Waals surface area contributed by atoms with E-state index in [-0.39, 0.29) is 37.6 Å². The van der Waals surface area contributed by atoms with E-state index in [0.717, 1.165) is 11.1 Å². The fourth-order valence-corrected chi connectivity index (χ4v) is 3.95. The first-order valence-electron chi connectivity index (χ1n) is 11.5. The number of hydrogen-bond acceptors (Lipinski definition) is 6. The highest BCUT2D eigenvalue weighted by atomic mass is 16.5. The number of Topliss-reactive ketones (excluding diaryl/α,β-unsaturated/α-hetero) is 1. The second-order valence-corrected chi connectivity index (χ2v) is 9.63. The molecule has 2 rings (SSSR count). The highest BCUT2D eigenvalue weighted by Crippen LogP contribution is 2.31. The van der Waals surface area contributed by atoms with E-state index in [1.54, 1.807) is 13.8 Å². The second-order valence-electron chi connectivity index (χ2n) is 9.63. The van der Waals surface area contributed by atoms with E-state index in [9.17, 15) is 24.9 Å². The Labute approximate surface area is 191 Å². The molecular weight excluding hydrogens is 408 g/mol. The van der Waals surface area contributed by atoms with E-state index in [1.807, 2.05) is 51.1 Å². The van der Waals surface area contributed by atoms with Crippen LogP contribution in [0.2, 0.25) is 0 Å². The molecule has 0 aromatic heterocycles. The van der Waals surface area contributed by atoms with E-state index >= 15 is 0 Å². The molecule has 1 aliphatic rings. The van der Waals surface area contributed by atoms with Crippen molar-refractivity contribution in [1.82, 2.24) is 0 Å². The van der Waals surface area contributed by atoms with Gasteiger partial charge in [0.25, 0.3) is 0 Å². The molecule has 6 nitrogen and oxygen atoms in total. The molecule has 32 heavy (non-hydrogen) atoms. The number of carbonyl (C=O) groups is 2. The van der Waals surface area contributed by atoms with Crippen LogP contribution < -0.4 is 0 Å². The summed E-state index contributed by atoms with van der Waals surface area (Å²) in [4.78, 5) is 25.7. The van der Waals surface area contributed by atoms with Gasteiger partial charge in [0.15, 0.2) is 0 Å². The van der Waals surface area contributed by atoms with Crippen molar-refractivity contribution in [1.29, 1.82) is 0 Å². The molecule has 6 heteroatoms. The summed E-state index contributed by atoms with van der Waals surface area (Å²) in [7, 11) is 0. The van der Waals surface area contributed by atoms with Crippen LogP contribution in [0.3, 0.4) is 0 Å². The van der Waals surface area contributed by atoms with Crippen LogP contribution in [0.4, 0.5) is 0 Å². The molecule has 5 atom stereocenters. The summed E-state index contributed by atoms with van der Waals surface area (Å²) in [5.74, 6) is -1.66. The number of aliphatic hydroxyl groups excluding tert-OH is 3. The van der Waals surface area contributed by atoms with E-state index in [4.69, 9.17) is 4.74 Å². The number of hydrogen-bond donors (Lipinski definition) is 3. The Kier molecular flexibility index (Phi) is 9.19. The number of ketones is 1. The first-order valence-corrected chi connectivity index (χ1v) is 11.5. The lowest BCUT2D eigenvalue weighted by Crippen LogP contribution is -2.38. The lowest BCUT2D eigenvalue weighted by Gasteiger charge is -2.32. The highest BCUT2D eigenvalue weighted by molar-refractivity contribution is 5.81. The lowest BCUT2D eigenvalue weighted by molar-refractivity contribution is -0.156. The Balaban J connectivity index is 2.43. The summed E-state index contributed by atoms with van der Waals surface area (Å²) in [6, 6.07) is 7.55. The van der Waals surface area contributed by atoms with E-state index in [1.165, 1.54) is 0 Å². The number of cyclic esters (lactones) is 1. The fraction of sp³-hybridized carbons (Fsp3) is 0.615. The monoisotopic (exact) mass is 446 g/mol. The molecule has 0 radical (unpaired) electrons. The molecule has 0 spiro atoms. The van der Waals surface area contributed by atoms with Crippen LogP contribution in [0.5, 0.6) is 0 Å². The first-order chi connectivity index (χ1) is 15.0. The maximum absolute atomic E-state index is 12.9. The van der Waals surface area contributed by atoms with E-state index in [0.29, 0.717) is 12.0 Å². The fourth-order valence-electron chi connectivity index (χ4n) is 3.95. The number of ether oxygens (including phenoxy) is 1. The van der Waals surface area contributed by atoms with Crippen molar-refractivity contribution in [2.24, 2.45) is 11.8 Å². The van der Waals surface area contributed by atoms with Crippen molar-refractivity contribution in [3.63, 3.8) is 0 Å². The van der Waals surface area contributed by atoms with Crippen molar-refractivity contribution in [3.05, 3.63) is 47.0 Å². The zero-order valence-electron chi connectivity index (χ0n) is 19.9. The van der Waals surface area contributed by atoms with Crippen molar-refractivity contribution in [3.8, 4) is 0 Å². The summed E-state index contributed by atoms with van der Waals surface area (Å²) in [6.07, 6.45) is 0.0230. The van der Waals surface area contributed by atoms with Gasteiger partial charge in [-0.15, -0.1) is 0 Å². The predicted molar refractivity (Wildman–Crippen MR) is 123 cm³/mol. The Morgan fingerprint density at radius 2 is 1.91 bits per heavy atom. The maximum atomic E-state index is 12.9. The number of rotatable bonds is 4. The molecule has 0 saturated heterocycles. The average Bonchev–Trinajstić information content (AvgIpc) is 2.75. The van der Waals surface area contributed by atoms with E-state index < -0.39 is 35.6 Å². The molecule has 1 heterocycles. The molecule has 3 N–H and O–H groups in total. The van der Waals surface area contributed by atoms with Gasteiger partial charge in [-0.2, -0.15) is 0 Å². The predicted octanol–water partition coefficient (Wildman–Crippen LogP) is 3.10. The molecule has 178 valence electrons. The number of fused-ring (bicyclic) bond motifs is 2. The van der Waals surface area contributed by atoms with Crippen molar-refractivity contribution >= 4 is 11.8 Å². The third-order valence-corrected chi connectivity index (χ3v) is 6.76. The summed E-state index contributed by atoms with van der Waals surface area (Å²) in [5, 5.41) is 31.1. The maximum Gasteiger partial charge on any atom is 0.311 e. The topological polar surface area (TPSA) is 104 Å². The molecule has 0 amide bonds. The van der Waals surface area contributed by atoms with Gasteiger partial charge in [-0.3, -0.25) is 9.59 Å². The third kappa shape index (κ3) is 6.50. The Bertz CT molecular complexity index is 823. The van der Waals surface area contributed by atoms with Crippen LogP contribution in [0, 0.1) is 11.8 Å². The summed E-state index contributed by atoms with van der Waals surface area (Å²) in [6.45, 7) is 9.09. The van der Waals surface area contributed by atoms with Gasteiger partial charge in [-0.05, 0) is 43.4 Å². The highest BCUT2D eigenvalue weighted by Gasteiger charge is 2.34. The number of aliphatic hydroxyl groups is 3. The molecule has 0 fully saturated rings. The molecule has 1 aromatic carbocycles. The van der Waals surface area contributed by atoms with Crippen LogP contribution >= 0.6 is 0 Å². The minimum absolute atomic E-state index is 0.0395. The Hall–Kier alpha value is -2.02. The van der Waals surface area contributed by atoms with Gasteiger partial charge in [0.2, 0.25) is 0 Å². The van der Waals surface area contributed by atoms with Crippen LogP contribution in [0.25, 0.3) is 0 Å². The molecule has 0 saturated carbocycles. The van der Waals surface area contributed by atoms with E-state index in [2.05, 4.69) is 0 Å². The molecular formula is C26H38O6. The molecule has 1 aromatic rings. The first kappa shape index (κ1) is 26.2. The minimum atomic E-state index is -0.949. The third-order valence-electron chi connectivity index (χ3n) is 6.76. The van der Waals surface area contributed by atoms with Crippen molar-refractivity contribution < 1.29 is 29.6 Å². The Morgan fingerprint density at radius 1 is 1.22 bits per heavy atom. The summed E-state index contributed by atoms with van der Waals surface area (Å²) < 4.78 is 5.69. The summed E-state index contributed by atoms with van der Waals surface area (Å²) in [5.41, 5.74) is 1.73. The Morgan fingerprint density at radius 3 is 2.53 bits per heavy atom. The number of benzene rings is 1. The van der Waals surface area contributed by atoms with Gasteiger partial charge < -0.3 is 20.1 Å². The van der Waals surface area contributed by atoms with Crippen LogP contribution in [0.1, 0.15) is 65.0 Å².